The number of fused-ring (bicyclic) bond motifs is 1. The highest BCUT2D eigenvalue weighted by Gasteiger charge is 2.27. The van der Waals surface area contributed by atoms with E-state index < -0.39 is 0 Å². The second kappa shape index (κ2) is 8.74. The predicted molar refractivity (Wildman–Crippen MR) is 127 cm³/mol. The molecule has 3 N–H and O–H groups in total. The van der Waals surface area contributed by atoms with Crippen LogP contribution in [0.25, 0.3) is 22.2 Å². The van der Waals surface area contributed by atoms with E-state index in [1.54, 1.807) is 4.90 Å². The van der Waals surface area contributed by atoms with Gasteiger partial charge in [0.15, 0.2) is 0 Å². The molecule has 2 aliphatic rings. The van der Waals surface area contributed by atoms with Gasteiger partial charge in [0.25, 0.3) is 0 Å². The van der Waals surface area contributed by atoms with Crippen LogP contribution in [0.15, 0.2) is 42.5 Å². The molecule has 2 aromatic carbocycles. The minimum Gasteiger partial charge on any atom is -0.494 e. The number of nitrogens with one attached hydrogen (secondary N) is 1. The highest BCUT2D eigenvalue weighted by Crippen LogP contribution is 2.44. The lowest BCUT2D eigenvalue weighted by atomic mass is 9.92. The zero-order valence-corrected chi connectivity index (χ0v) is 18.5. The van der Waals surface area contributed by atoms with Gasteiger partial charge in [-0.15, -0.1) is 0 Å². The Balaban J connectivity index is 1.47. The van der Waals surface area contributed by atoms with Gasteiger partial charge in [-0.2, -0.15) is 0 Å². The smallest absolute Gasteiger partial charge is 0.321 e. The lowest BCUT2D eigenvalue weighted by Gasteiger charge is -2.30. The van der Waals surface area contributed by atoms with E-state index in [-0.39, 0.29) is 6.03 Å². The lowest BCUT2D eigenvalue weighted by Crippen LogP contribution is -2.43. The van der Waals surface area contributed by atoms with Crippen LogP contribution in [0, 0.1) is 0 Å². The molecule has 168 valence electrons. The SMILES string of the molecule is CCOc1ccc2c(N)c(-c3ccc(NC(=O)N4CCOCC4)cc3)n(C3CCC3)c2c1. The number of ether oxygens (including phenoxy) is 2. The van der Waals surface area contributed by atoms with Crippen molar-refractivity contribution in [2.75, 3.05) is 44.0 Å². The largest absolute Gasteiger partial charge is 0.494 e. The van der Waals surface area contributed by atoms with Crippen molar-refractivity contribution in [2.45, 2.75) is 32.2 Å². The van der Waals surface area contributed by atoms with Gasteiger partial charge >= 0.3 is 6.03 Å². The van der Waals surface area contributed by atoms with Gasteiger partial charge in [-0.1, -0.05) is 12.1 Å². The first-order valence-electron chi connectivity index (χ1n) is 11.5. The molecule has 2 heterocycles. The molecule has 2 amide bonds. The fourth-order valence-electron chi connectivity index (χ4n) is 4.57. The second-order valence-electron chi connectivity index (χ2n) is 8.44. The Labute approximate surface area is 188 Å². The Morgan fingerprint density at radius 1 is 1.16 bits per heavy atom. The maximum atomic E-state index is 12.5. The monoisotopic (exact) mass is 434 g/mol. The van der Waals surface area contributed by atoms with E-state index in [0.717, 1.165) is 52.1 Å². The molecule has 0 radical (unpaired) electrons. The van der Waals surface area contributed by atoms with Crippen LogP contribution in [0.3, 0.4) is 0 Å². The van der Waals surface area contributed by atoms with Gasteiger partial charge in [0.2, 0.25) is 0 Å². The number of morpholine rings is 1. The summed E-state index contributed by atoms with van der Waals surface area (Å²) in [5.74, 6) is 0.866. The molecule has 0 spiro atoms. The van der Waals surface area contributed by atoms with Crippen LogP contribution in [0.4, 0.5) is 16.2 Å². The molecule has 1 saturated carbocycles. The van der Waals surface area contributed by atoms with Crippen LogP contribution in [-0.2, 0) is 4.74 Å². The molecule has 2 fully saturated rings. The number of benzene rings is 2. The fourth-order valence-corrected chi connectivity index (χ4v) is 4.57. The summed E-state index contributed by atoms with van der Waals surface area (Å²) in [6.07, 6.45) is 3.55. The van der Waals surface area contributed by atoms with E-state index in [9.17, 15) is 4.79 Å². The van der Waals surface area contributed by atoms with Crippen molar-refractivity contribution in [1.29, 1.82) is 0 Å². The summed E-state index contributed by atoms with van der Waals surface area (Å²) >= 11 is 0. The normalized spacial score (nSPS) is 16.7. The summed E-state index contributed by atoms with van der Waals surface area (Å²) in [6.45, 7) is 5.03. The Morgan fingerprint density at radius 3 is 2.56 bits per heavy atom. The van der Waals surface area contributed by atoms with Crippen molar-refractivity contribution in [3.8, 4) is 17.0 Å². The standard InChI is InChI=1S/C25H30N4O3/c1-2-32-20-10-11-21-22(16-20)29(19-4-3-5-19)24(23(21)26)17-6-8-18(9-7-17)27-25(30)28-12-14-31-15-13-28/h6-11,16,19H,2-5,12-15,26H2,1H3,(H,27,30). The number of carbonyl (C=O) groups excluding carboxylic acids is 1. The number of nitrogen functional groups attached to an aromatic ring is 1. The summed E-state index contributed by atoms with van der Waals surface area (Å²) < 4.78 is 13.5. The second-order valence-corrected chi connectivity index (χ2v) is 8.44. The number of rotatable bonds is 5. The number of nitrogens with zero attached hydrogens (tertiary/aromatic N) is 2. The van der Waals surface area contributed by atoms with Crippen LogP contribution < -0.4 is 15.8 Å². The molecule has 0 bridgehead atoms. The molecule has 1 saturated heterocycles. The molecule has 0 atom stereocenters. The number of urea groups is 1. The van der Waals surface area contributed by atoms with Gasteiger partial charge in [-0.05, 0) is 50.5 Å². The molecular formula is C25H30N4O3. The summed E-state index contributed by atoms with van der Waals surface area (Å²) in [5.41, 5.74) is 11.5. The fraction of sp³-hybridized carbons (Fsp3) is 0.400. The van der Waals surface area contributed by atoms with Crippen molar-refractivity contribution < 1.29 is 14.3 Å². The molecule has 5 rings (SSSR count). The van der Waals surface area contributed by atoms with E-state index in [1.807, 2.05) is 37.3 Å². The first kappa shape index (κ1) is 20.7. The molecule has 1 aromatic heterocycles. The van der Waals surface area contributed by atoms with Crippen molar-refractivity contribution in [3.63, 3.8) is 0 Å². The highest BCUT2D eigenvalue weighted by molar-refractivity contribution is 6.02. The van der Waals surface area contributed by atoms with Gasteiger partial charge in [-0.25, -0.2) is 4.79 Å². The minimum absolute atomic E-state index is 0.0902. The lowest BCUT2D eigenvalue weighted by molar-refractivity contribution is 0.0564. The Hall–Kier alpha value is -3.19. The van der Waals surface area contributed by atoms with E-state index in [0.29, 0.717) is 39.0 Å². The number of hydrogen-bond donors (Lipinski definition) is 2. The van der Waals surface area contributed by atoms with E-state index in [2.05, 4.69) is 22.0 Å². The maximum absolute atomic E-state index is 12.5. The van der Waals surface area contributed by atoms with Gasteiger partial charge in [0, 0.05) is 41.8 Å². The Kier molecular flexibility index (Phi) is 5.66. The highest BCUT2D eigenvalue weighted by atomic mass is 16.5. The zero-order chi connectivity index (χ0) is 22.1. The van der Waals surface area contributed by atoms with Gasteiger partial charge < -0.3 is 30.0 Å². The molecule has 3 aromatic rings. The number of aromatic nitrogens is 1. The van der Waals surface area contributed by atoms with Crippen LogP contribution in [-0.4, -0.2) is 48.4 Å². The minimum atomic E-state index is -0.0902. The van der Waals surface area contributed by atoms with Crippen LogP contribution >= 0.6 is 0 Å². The summed E-state index contributed by atoms with van der Waals surface area (Å²) in [6, 6.07) is 14.5. The number of nitrogens with two attached hydrogens (primary N) is 1. The third kappa shape index (κ3) is 3.77. The first-order valence-corrected chi connectivity index (χ1v) is 11.5. The molecule has 1 aliphatic heterocycles. The number of hydrogen-bond acceptors (Lipinski definition) is 4. The van der Waals surface area contributed by atoms with Crippen molar-refractivity contribution in [3.05, 3.63) is 42.5 Å². The number of carbonyl (C=O) groups is 1. The van der Waals surface area contributed by atoms with Crippen molar-refractivity contribution >= 4 is 28.3 Å². The zero-order valence-electron chi connectivity index (χ0n) is 18.5. The van der Waals surface area contributed by atoms with Crippen LogP contribution in [0.2, 0.25) is 0 Å². The van der Waals surface area contributed by atoms with Gasteiger partial charge in [0.1, 0.15) is 5.75 Å². The Morgan fingerprint density at radius 2 is 1.91 bits per heavy atom. The Bertz CT molecular complexity index is 1110. The first-order chi connectivity index (χ1) is 15.7. The third-order valence-electron chi connectivity index (χ3n) is 6.47. The summed E-state index contributed by atoms with van der Waals surface area (Å²) in [5, 5.41) is 4.05. The average molecular weight is 435 g/mol. The van der Waals surface area contributed by atoms with Crippen molar-refractivity contribution in [2.24, 2.45) is 0 Å². The van der Waals surface area contributed by atoms with Crippen LogP contribution in [0.5, 0.6) is 5.75 Å². The van der Waals surface area contributed by atoms with Crippen molar-refractivity contribution in [1.82, 2.24) is 9.47 Å². The topological polar surface area (TPSA) is 81.8 Å². The third-order valence-corrected chi connectivity index (χ3v) is 6.47. The van der Waals surface area contributed by atoms with E-state index >= 15 is 0 Å². The molecule has 1 aliphatic carbocycles. The summed E-state index contributed by atoms with van der Waals surface area (Å²) in [4.78, 5) is 14.3. The van der Waals surface area contributed by atoms with E-state index in [1.165, 1.54) is 6.42 Å². The maximum Gasteiger partial charge on any atom is 0.321 e. The van der Waals surface area contributed by atoms with Crippen LogP contribution in [0.1, 0.15) is 32.2 Å². The quantitative estimate of drug-likeness (QED) is 0.600. The predicted octanol–water partition coefficient (Wildman–Crippen LogP) is 4.88. The number of amides is 2. The van der Waals surface area contributed by atoms with Gasteiger partial charge in [-0.3, -0.25) is 0 Å². The number of anilines is 2. The molecule has 32 heavy (non-hydrogen) atoms. The van der Waals surface area contributed by atoms with E-state index in [4.69, 9.17) is 15.2 Å². The summed E-state index contributed by atoms with van der Waals surface area (Å²) in [7, 11) is 0. The molecular weight excluding hydrogens is 404 g/mol. The average Bonchev–Trinajstić information content (AvgIpc) is 3.06. The molecule has 7 heteroatoms. The van der Waals surface area contributed by atoms with Gasteiger partial charge in [0.05, 0.1) is 36.7 Å². The molecule has 0 unspecified atom stereocenters. The molecule has 7 nitrogen and oxygen atoms in total.